The van der Waals surface area contributed by atoms with Crippen LogP contribution in [-0.2, 0) is 23.0 Å². The number of benzene rings is 1. The van der Waals surface area contributed by atoms with Gasteiger partial charge in [0.1, 0.15) is 0 Å². The fraction of sp³-hybridized carbons (Fsp3) is 0.375. The van der Waals surface area contributed by atoms with Crippen LogP contribution in [0.15, 0.2) is 29.6 Å². The molecule has 9 heteroatoms. The highest BCUT2D eigenvalue weighted by molar-refractivity contribution is 7.88. The number of rotatable bonds is 5. The van der Waals surface area contributed by atoms with Crippen molar-refractivity contribution < 1.29 is 8.42 Å². The summed E-state index contributed by atoms with van der Waals surface area (Å²) >= 11 is 1.54. The number of hydrogen-bond acceptors (Lipinski definition) is 6. The lowest BCUT2D eigenvalue weighted by molar-refractivity contribution is 0.148. The molecule has 1 aliphatic heterocycles. The van der Waals surface area contributed by atoms with Crippen molar-refractivity contribution in [3.05, 3.63) is 51.2 Å². The third kappa shape index (κ3) is 5.05. The van der Waals surface area contributed by atoms with Crippen LogP contribution < -0.4 is 4.72 Å². The number of aromatic nitrogens is 2. The van der Waals surface area contributed by atoms with Gasteiger partial charge in [0.05, 0.1) is 29.1 Å². The van der Waals surface area contributed by atoms with Gasteiger partial charge in [-0.15, -0.1) is 11.3 Å². The summed E-state index contributed by atoms with van der Waals surface area (Å²) in [6.07, 6.45) is 2.01. The molecule has 3 aromatic rings. The van der Waals surface area contributed by atoms with E-state index >= 15 is 0 Å². The lowest BCUT2D eigenvalue weighted by Crippen LogP contribution is -2.43. The minimum atomic E-state index is -3.22. The largest absolute Gasteiger partial charge is 0.304 e. The third-order valence-corrected chi connectivity index (χ3v) is 7.70. The van der Waals surface area contributed by atoms with Crippen LogP contribution in [0.3, 0.4) is 0 Å². The molecule has 0 bridgehead atoms. The Morgan fingerprint density at radius 1 is 1.21 bits per heavy atom. The minimum absolute atomic E-state index is 0.107. The van der Waals surface area contributed by atoms with Gasteiger partial charge in [-0.1, -0.05) is 30.0 Å². The molecule has 33 heavy (non-hydrogen) atoms. The molecule has 0 unspecified atom stereocenters. The molecule has 1 aliphatic carbocycles. The summed E-state index contributed by atoms with van der Waals surface area (Å²) in [7, 11) is -1.04. The van der Waals surface area contributed by atoms with Crippen LogP contribution in [0.4, 0.5) is 0 Å². The Labute approximate surface area is 198 Å². The van der Waals surface area contributed by atoms with E-state index in [1.165, 1.54) is 22.3 Å². The number of nitrogens with one attached hydrogen (secondary N) is 2. The molecule has 0 saturated carbocycles. The van der Waals surface area contributed by atoms with Crippen molar-refractivity contribution in [3.63, 3.8) is 0 Å². The van der Waals surface area contributed by atoms with Crippen molar-refractivity contribution in [1.82, 2.24) is 24.7 Å². The number of nitrogens with zero attached hydrogens (tertiary/aromatic N) is 3. The van der Waals surface area contributed by atoms with Crippen LogP contribution in [0.1, 0.15) is 21.6 Å². The van der Waals surface area contributed by atoms with Gasteiger partial charge < -0.3 is 4.90 Å². The van der Waals surface area contributed by atoms with Crippen LogP contribution in [0, 0.1) is 11.8 Å². The normalized spacial score (nSPS) is 16.3. The van der Waals surface area contributed by atoms with E-state index in [2.05, 4.69) is 67.2 Å². The van der Waals surface area contributed by atoms with Crippen LogP contribution in [-0.4, -0.2) is 74.4 Å². The summed E-state index contributed by atoms with van der Waals surface area (Å²) in [5, 5.41) is 9.91. The lowest BCUT2D eigenvalue weighted by atomic mass is 10.0. The molecule has 1 aromatic carbocycles. The number of piperazine rings is 1. The highest BCUT2D eigenvalue weighted by Gasteiger charge is 2.26. The van der Waals surface area contributed by atoms with Crippen molar-refractivity contribution >= 4 is 21.4 Å². The Kier molecular flexibility index (Phi) is 6.12. The average molecular weight is 482 g/mol. The molecule has 0 amide bonds. The average Bonchev–Trinajstić information content (AvgIpc) is 3.47. The fourth-order valence-corrected chi connectivity index (χ4v) is 5.51. The molecular weight excluding hydrogens is 454 g/mol. The molecule has 7 nitrogen and oxygen atoms in total. The molecule has 0 atom stereocenters. The first-order valence-electron chi connectivity index (χ1n) is 11.0. The Balaban J connectivity index is 1.29. The monoisotopic (exact) mass is 481 g/mol. The molecule has 3 heterocycles. The van der Waals surface area contributed by atoms with Crippen LogP contribution in [0.25, 0.3) is 22.5 Å². The summed E-state index contributed by atoms with van der Waals surface area (Å²) in [6.45, 7) is 5.61. The van der Waals surface area contributed by atoms with Gasteiger partial charge in [-0.25, -0.2) is 13.1 Å². The molecule has 1 fully saturated rings. The second kappa shape index (κ2) is 9.05. The number of aromatic amines is 1. The molecule has 1 saturated heterocycles. The smallest absolute Gasteiger partial charge is 0.209 e. The first-order valence-corrected chi connectivity index (χ1v) is 13.8. The quantitative estimate of drug-likeness (QED) is 0.428. The maximum Gasteiger partial charge on any atom is 0.209 e. The molecule has 0 spiro atoms. The number of likely N-dealkylation sites (N-methyl/N-ethyl adjacent to an activating group) is 1. The Hall–Kier alpha value is -2.48. The van der Waals surface area contributed by atoms with Gasteiger partial charge in [-0.2, -0.15) is 5.10 Å². The predicted octanol–water partition coefficient (Wildman–Crippen LogP) is 2.36. The number of sulfonamides is 1. The molecule has 172 valence electrons. The van der Waals surface area contributed by atoms with E-state index in [-0.39, 0.29) is 6.54 Å². The molecule has 2 N–H and O–H groups in total. The first-order chi connectivity index (χ1) is 15.9. The van der Waals surface area contributed by atoms with Crippen LogP contribution in [0.2, 0.25) is 0 Å². The van der Waals surface area contributed by atoms with E-state index in [0.717, 1.165) is 67.2 Å². The predicted molar refractivity (Wildman–Crippen MR) is 133 cm³/mol. The summed E-state index contributed by atoms with van der Waals surface area (Å²) in [4.78, 5) is 5.80. The third-order valence-electron chi connectivity index (χ3n) is 6.18. The van der Waals surface area contributed by atoms with E-state index in [4.69, 9.17) is 0 Å². The summed E-state index contributed by atoms with van der Waals surface area (Å²) in [6, 6.07) is 8.85. The zero-order chi connectivity index (χ0) is 23.0. The topological polar surface area (TPSA) is 81.3 Å². The summed E-state index contributed by atoms with van der Waals surface area (Å²) < 4.78 is 24.7. The number of H-pyrrole nitrogens is 1. The van der Waals surface area contributed by atoms with Gasteiger partial charge in [-0.05, 0) is 24.2 Å². The van der Waals surface area contributed by atoms with E-state index in [9.17, 15) is 8.42 Å². The lowest BCUT2D eigenvalue weighted by Gasteiger charge is -2.32. The van der Waals surface area contributed by atoms with Crippen LogP contribution in [0.5, 0.6) is 0 Å². The number of thiophene rings is 1. The number of fused-ring (bicyclic) bond motifs is 3. The molecular formula is C24H27N5O2S2. The van der Waals surface area contributed by atoms with Gasteiger partial charge in [0.2, 0.25) is 10.0 Å². The second-order valence-corrected chi connectivity index (χ2v) is 11.5. The second-order valence-electron chi connectivity index (χ2n) is 8.77. The van der Waals surface area contributed by atoms with Crippen molar-refractivity contribution in [3.8, 4) is 34.4 Å². The van der Waals surface area contributed by atoms with E-state index in [1.807, 2.05) is 6.07 Å². The Bertz CT molecular complexity index is 1340. The van der Waals surface area contributed by atoms with E-state index in [0.29, 0.717) is 0 Å². The highest BCUT2D eigenvalue weighted by Crippen LogP contribution is 2.41. The first kappa shape index (κ1) is 22.3. The fourth-order valence-electron chi connectivity index (χ4n) is 4.41. The molecule has 2 aromatic heterocycles. The van der Waals surface area contributed by atoms with Crippen molar-refractivity contribution in [1.29, 1.82) is 0 Å². The maximum absolute atomic E-state index is 11.1. The Morgan fingerprint density at radius 2 is 2.03 bits per heavy atom. The number of hydrogen-bond donors (Lipinski definition) is 2. The van der Waals surface area contributed by atoms with E-state index in [1.54, 1.807) is 11.3 Å². The highest BCUT2D eigenvalue weighted by atomic mass is 32.2. The van der Waals surface area contributed by atoms with Gasteiger partial charge >= 0.3 is 0 Å². The van der Waals surface area contributed by atoms with Gasteiger partial charge in [-0.3, -0.25) is 10.00 Å². The zero-order valence-electron chi connectivity index (χ0n) is 18.8. The van der Waals surface area contributed by atoms with Crippen LogP contribution >= 0.6 is 11.3 Å². The standard InChI is InChI=1S/C24H27N5O2S2/c1-28-8-10-29(11-9-28)15-17-5-6-21-18(12-17)14-22-23(26-27-24(21)22)19-13-20(32-16-19)4-3-7-25-33(2,30)31/h5-6,12-13,16,25H,7-11,14-15H2,1-2H3,(H,26,27). The van der Waals surface area contributed by atoms with Gasteiger partial charge in [0.15, 0.2) is 0 Å². The SMILES string of the molecule is CN1CCN(Cc2ccc3c(c2)Cc2c(-c4csc(C#CCNS(C)(=O)=O)c4)n[nH]c2-3)CC1. The summed E-state index contributed by atoms with van der Waals surface area (Å²) in [5.41, 5.74) is 8.33. The minimum Gasteiger partial charge on any atom is -0.304 e. The molecule has 2 aliphatic rings. The maximum atomic E-state index is 11.1. The van der Waals surface area contributed by atoms with Gasteiger partial charge in [0.25, 0.3) is 0 Å². The Morgan fingerprint density at radius 3 is 2.82 bits per heavy atom. The molecule has 5 rings (SSSR count). The summed E-state index contributed by atoms with van der Waals surface area (Å²) in [5.74, 6) is 5.89. The van der Waals surface area contributed by atoms with Crippen molar-refractivity contribution in [2.24, 2.45) is 0 Å². The van der Waals surface area contributed by atoms with Crippen molar-refractivity contribution in [2.75, 3.05) is 46.0 Å². The van der Waals surface area contributed by atoms with E-state index < -0.39 is 10.0 Å². The van der Waals surface area contributed by atoms with Gasteiger partial charge in [0, 0.05) is 61.2 Å². The zero-order valence-corrected chi connectivity index (χ0v) is 20.4. The molecule has 0 radical (unpaired) electrons. The van der Waals surface area contributed by atoms with Crippen molar-refractivity contribution in [2.45, 2.75) is 13.0 Å².